The van der Waals surface area contributed by atoms with Gasteiger partial charge in [0.05, 0.1) is 0 Å². The van der Waals surface area contributed by atoms with Gasteiger partial charge in [0.2, 0.25) is 0 Å². The van der Waals surface area contributed by atoms with Crippen molar-refractivity contribution in [2.45, 2.75) is 278 Å². The largest absolute Gasteiger partial charge is 0.462 e. The predicted molar refractivity (Wildman–Crippen MR) is 238 cm³/mol. The second kappa shape index (κ2) is 43.0. The van der Waals surface area contributed by atoms with Gasteiger partial charge in [0.15, 0.2) is 6.10 Å². The van der Waals surface area contributed by atoms with Crippen molar-refractivity contribution in [1.29, 1.82) is 0 Å². The third-order valence-corrected chi connectivity index (χ3v) is 11.2. The van der Waals surface area contributed by atoms with Crippen LogP contribution in [0, 0.1) is 11.8 Å². The summed E-state index contributed by atoms with van der Waals surface area (Å²) in [5.74, 6) is 0.809. The average Bonchev–Trinajstić information content (AvgIpc) is 3.16. The van der Waals surface area contributed by atoms with E-state index in [0.717, 1.165) is 69.6 Å². The Bertz CT molecular complexity index is 854. The van der Waals surface area contributed by atoms with Crippen LogP contribution in [-0.4, -0.2) is 37.2 Å². The van der Waals surface area contributed by atoms with Gasteiger partial charge in [-0.05, 0) is 31.1 Å². The maximum Gasteiger partial charge on any atom is 0.306 e. The van der Waals surface area contributed by atoms with Crippen LogP contribution in [0.5, 0.6) is 0 Å². The quantitative estimate of drug-likeness (QED) is 0.0347. The van der Waals surface area contributed by atoms with Gasteiger partial charge in [-0.1, -0.05) is 234 Å². The summed E-state index contributed by atoms with van der Waals surface area (Å²) in [6.07, 6.45) is 42.5. The number of esters is 3. The monoisotopic (exact) mass is 793 g/mol. The maximum absolute atomic E-state index is 12.6. The summed E-state index contributed by atoms with van der Waals surface area (Å²) in [6, 6.07) is 0. The molecular weight excluding hydrogens is 697 g/mol. The summed E-state index contributed by atoms with van der Waals surface area (Å²) in [7, 11) is 0. The summed E-state index contributed by atoms with van der Waals surface area (Å²) in [5.41, 5.74) is 0. The van der Waals surface area contributed by atoms with E-state index in [4.69, 9.17) is 14.2 Å². The Balaban J connectivity index is 4.16. The molecule has 0 saturated carbocycles. The second-order valence-corrected chi connectivity index (χ2v) is 18.1. The van der Waals surface area contributed by atoms with Gasteiger partial charge < -0.3 is 14.2 Å². The highest BCUT2D eigenvalue weighted by molar-refractivity contribution is 5.71. The molecule has 0 aliphatic carbocycles. The third-order valence-electron chi connectivity index (χ3n) is 11.2. The molecule has 0 saturated heterocycles. The van der Waals surface area contributed by atoms with E-state index in [1.54, 1.807) is 0 Å². The summed E-state index contributed by atoms with van der Waals surface area (Å²) in [5, 5.41) is 0. The predicted octanol–water partition coefficient (Wildman–Crippen LogP) is 15.8. The summed E-state index contributed by atoms with van der Waals surface area (Å²) >= 11 is 0. The number of carbonyl (C=O) groups is 3. The van der Waals surface area contributed by atoms with E-state index in [0.29, 0.717) is 19.3 Å². The first-order chi connectivity index (χ1) is 27.2. The fourth-order valence-electron chi connectivity index (χ4n) is 7.46. The molecule has 0 heterocycles. The molecule has 332 valence electrons. The zero-order valence-electron chi connectivity index (χ0n) is 38.3. The van der Waals surface area contributed by atoms with Crippen LogP contribution in [-0.2, 0) is 28.6 Å². The van der Waals surface area contributed by atoms with E-state index in [1.165, 1.54) is 161 Å². The third kappa shape index (κ3) is 43.5. The first-order valence-corrected chi connectivity index (χ1v) is 24.7. The molecule has 0 spiro atoms. The minimum atomic E-state index is -0.759. The highest BCUT2D eigenvalue weighted by Crippen LogP contribution is 2.17. The van der Waals surface area contributed by atoms with Gasteiger partial charge in [-0.2, -0.15) is 0 Å². The van der Waals surface area contributed by atoms with Gasteiger partial charge in [0.1, 0.15) is 13.2 Å². The van der Waals surface area contributed by atoms with Crippen molar-refractivity contribution >= 4 is 17.9 Å². The zero-order valence-corrected chi connectivity index (χ0v) is 38.3. The number of hydrogen-bond acceptors (Lipinski definition) is 6. The Morgan fingerprint density at radius 2 is 0.589 bits per heavy atom. The maximum atomic E-state index is 12.6. The molecule has 56 heavy (non-hydrogen) atoms. The van der Waals surface area contributed by atoms with E-state index in [9.17, 15) is 14.4 Å². The number of ether oxygens (including phenoxy) is 3. The van der Waals surface area contributed by atoms with Crippen LogP contribution in [0.2, 0.25) is 0 Å². The lowest BCUT2D eigenvalue weighted by Gasteiger charge is -2.18. The van der Waals surface area contributed by atoms with E-state index >= 15 is 0 Å². The Morgan fingerprint density at radius 1 is 0.339 bits per heavy atom. The van der Waals surface area contributed by atoms with Crippen LogP contribution in [0.1, 0.15) is 272 Å². The van der Waals surface area contributed by atoms with E-state index in [2.05, 4.69) is 34.6 Å². The number of hydrogen-bond donors (Lipinski definition) is 0. The molecule has 0 bridgehead atoms. The lowest BCUT2D eigenvalue weighted by Crippen LogP contribution is -2.30. The molecule has 0 rings (SSSR count). The number of rotatable bonds is 44. The Kier molecular flexibility index (Phi) is 41.8. The first-order valence-electron chi connectivity index (χ1n) is 24.7. The van der Waals surface area contributed by atoms with Crippen LogP contribution < -0.4 is 0 Å². The molecule has 0 aliphatic rings. The van der Waals surface area contributed by atoms with Crippen LogP contribution in [0.4, 0.5) is 0 Å². The molecule has 0 aromatic carbocycles. The van der Waals surface area contributed by atoms with Gasteiger partial charge in [0.25, 0.3) is 0 Å². The Labute approximate surface area is 348 Å². The molecule has 0 unspecified atom stereocenters. The van der Waals surface area contributed by atoms with E-state index in [1.807, 2.05) is 0 Å². The lowest BCUT2D eigenvalue weighted by molar-refractivity contribution is -0.167. The Hall–Kier alpha value is -1.59. The van der Waals surface area contributed by atoms with Crippen LogP contribution in [0.15, 0.2) is 0 Å². The number of carbonyl (C=O) groups excluding carboxylic acids is 3. The van der Waals surface area contributed by atoms with Crippen molar-refractivity contribution in [2.75, 3.05) is 13.2 Å². The summed E-state index contributed by atoms with van der Waals surface area (Å²) in [6.45, 7) is 11.3. The van der Waals surface area contributed by atoms with Crippen LogP contribution in [0.3, 0.4) is 0 Å². The van der Waals surface area contributed by atoms with Crippen molar-refractivity contribution in [3.63, 3.8) is 0 Å². The van der Waals surface area contributed by atoms with E-state index in [-0.39, 0.29) is 31.1 Å². The topological polar surface area (TPSA) is 78.9 Å². The molecule has 6 nitrogen and oxygen atoms in total. The van der Waals surface area contributed by atoms with Gasteiger partial charge in [-0.15, -0.1) is 0 Å². The molecule has 0 N–H and O–H groups in total. The second-order valence-electron chi connectivity index (χ2n) is 18.1. The normalized spacial score (nSPS) is 12.1. The molecular formula is C50H96O6. The molecule has 0 aliphatic heterocycles. The molecule has 0 aromatic rings. The van der Waals surface area contributed by atoms with Crippen molar-refractivity contribution in [1.82, 2.24) is 0 Å². The fourth-order valence-corrected chi connectivity index (χ4v) is 7.46. The summed E-state index contributed by atoms with van der Waals surface area (Å²) in [4.78, 5) is 37.7. The van der Waals surface area contributed by atoms with Crippen molar-refractivity contribution < 1.29 is 28.6 Å². The number of unbranched alkanes of at least 4 members (excludes halogenated alkanes) is 29. The molecule has 1 atom stereocenters. The van der Waals surface area contributed by atoms with Gasteiger partial charge in [-0.25, -0.2) is 0 Å². The zero-order chi connectivity index (χ0) is 41.2. The average molecular weight is 793 g/mol. The Morgan fingerprint density at radius 3 is 0.875 bits per heavy atom. The SMILES string of the molecule is CCCCCCCCCC(=O)O[C@@H](COC(=O)CCCCCCCCCCCCCCCCCC(C)C)COC(=O)CCCCCCCCCCCCC(C)C. The standard InChI is InChI=1S/C50H96O6/c1-6-7-8-9-23-32-37-42-50(53)56-47(44-55-49(52)41-36-31-27-22-18-17-20-25-29-34-39-46(4)5)43-54-48(51)40-35-30-26-21-16-14-12-10-11-13-15-19-24-28-33-38-45(2)3/h45-47H,6-44H2,1-5H3/t47-/m0/s1. The first kappa shape index (κ1) is 54.4. The summed E-state index contributed by atoms with van der Waals surface area (Å²) < 4.78 is 16.7. The van der Waals surface area contributed by atoms with Crippen LogP contribution in [0.25, 0.3) is 0 Å². The highest BCUT2D eigenvalue weighted by Gasteiger charge is 2.19. The lowest BCUT2D eigenvalue weighted by atomic mass is 10.0. The van der Waals surface area contributed by atoms with Crippen molar-refractivity contribution in [3.05, 3.63) is 0 Å². The minimum Gasteiger partial charge on any atom is -0.462 e. The molecule has 6 heteroatoms. The van der Waals surface area contributed by atoms with Gasteiger partial charge in [-0.3, -0.25) is 14.4 Å². The molecule has 0 fully saturated rings. The molecule has 0 radical (unpaired) electrons. The van der Waals surface area contributed by atoms with Crippen molar-refractivity contribution in [3.8, 4) is 0 Å². The van der Waals surface area contributed by atoms with Gasteiger partial charge in [0, 0.05) is 19.3 Å². The van der Waals surface area contributed by atoms with Crippen molar-refractivity contribution in [2.24, 2.45) is 11.8 Å². The highest BCUT2D eigenvalue weighted by atomic mass is 16.6. The van der Waals surface area contributed by atoms with Gasteiger partial charge >= 0.3 is 17.9 Å². The molecule has 0 amide bonds. The minimum absolute atomic E-state index is 0.0646. The van der Waals surface area contributed by atoms with Crippen LogP contribution >= 0.6 is 0 Å². The fraction of sp³-hybridized carbons (Fsp3) is 0.940. The smallest absolute Gasteiger partial charge is 0.306 e. The molecule has 0 aromatic heterocycles. The van der Waals surface area contributed by atoms with E-state index < -0.39 is 6.10 Å².